The molecule has 1 amide bonds. The van der Waals surface area contributed by atoms with Crippen LogP contribution in [0.5, 0.6) is 0 Å². The van der Waals surface area contributed by atoms with E-state index in [2.05, 4.69) is 0 Å². The topological polar surface area (TPSA) is 50.5 Å². The van der Waals surface area contributed by atoms with Gasteiger partial charge in [0.1, 0.15) is 17.2 Å². The van der Waals surface area contributed by atoms with E-state index in [9.17, 15) is 18.4 Å². The van der Waals surface area contributed by atoms with E-state index in [1.54, 1.807) is 36.4 Å². The van der Waals surface area contributed by atoms with Crippen molar-refractivity contribution >= 4 is 16.9 Å². The van der Waals surface area contributed by atoms with Crippen LogP contribution in [0.3, 0.4) is 0 Å². The third-order valence-corrected chi connectivity index (χ3v) is 4.76. The third-order valence-electron chi connectivity index (χ3n) is 4.76. The van der Waals surface area contributed by atoms with Gasteiger partial charge in [-0.3, -0.25) is 9.59 Å². The quantitative estimate of drug-likeness (QED) is 0.474. The highest BCUT2D eigenvalue weighted by Gasteiger charge is 2.20. The van der Waals surface area contributed by atoms with Crippen LogP contribution in [0.4, 0.5) is 8.78 Å². The maximum absolute atomic E-state index is 13.7. The Labute approximate surface area is 171 Å². The monoisotopic (exact) mass is 405 g/mol. The highest BCUT2D eigenvalue weighted by molar-refractivity contribution is 5.94. The van der Waals surface area contributed by atoms with Gasteiger partial charge in [-0.15, -0.1) is 0 Å². The van der Waals surface area contributed by atoms with Gasteiger partial charge in [-0.25, -0.2) is 8.78 Å². The van der Waals surface area contributed by atoms with E-state index in [1.807, 2.05) is 0 Å². The van der Waals surface area contributed by atoms with Crippen LogP contribution in [0, 0.1) is 11.6 Å². The summed E-state index contributed by atoms with van der Waals surface area (Å²) < 4.78 is 32.5. The Hall–Kier alpha value is -3.80. The Morgan fingerprint density at radius 3 is 2.40 bits per heavy atom. The summed E-state index contributed by atoms with van der Waals surface area (Å²) in [5, 5.41) is 0.412. The van der Waals surface area contributed by atoms with Crippen molar-refractivity contribution in [3.05, 3.63) is 118 Å². The maximum Gasteiger partial charge on any atom is 0.254 e. The number of amides is 1. The van der Waals surface area contributed by atoms with Crippen LogP contribution < -0.4 is 5.43 Å². The van der Waals surface area contributed by atoms with Gasteiger partial charge in [0, 0.05) is 12.1 Å². The maximum atomic E-state index is 13.7. The van der Waals surface area contributed by atoms with Gasteiger partial charge in [-0.2, -0.15) is 0 Å². The molecule has 0 unspecified atom stereocenters. The number of fused-ring (bicyclic) bond motifs is 1. The molecular weight excluding hydrogens is 388 g/mol. The highest BCUT2D eigenvalue weighted by atomic mass is 19.1. The van der Waals surface area contributed by atoms with Crippen LogP contribution in [0.15, 0.2) is 88.3 Å². The first-order valence-electron chi connectivity index (χ1n) is 9.30. The SMILES string of the molecule is O=C(c1cccc(F)c1)N(Cc1ccc(F)cc1)Cc1coc2ccccc2c1=O. The Morgan fingerprint density at radius 2 is 1.63 bits per heavy atom. The van der Waals surface area contributed by atoms with Crippen LogP contribution in [0.25, 0.3) is 11.0 Å². The van der Waals surface area contributed by atoms with Gasteiger partial charge in [0.25, 0.3) is 5.91 Å². The number of hydrogen-bond acceptors (Lipinski definition) is 3. The third kappa shape index (κ3) is 4.12. The summed E-state index contributed by atoms with van der Waals surface area (Å²) in [4.78, 5) is 27.4. The molecule has 0 atom stereocenters. The Bertz CT molecular complexity index is 1270. The standard InChI is InChI=1S/C24H17F2NO3/c25-19-10-8-16(9-11-19)13-27(24(29)17-4-3-5-20(26)12-17)14-18-15-30-22-7-2-1-6-21(22)23(18)28/h1-12,15H,13-14H2. The first-order chi connectivity index (χ1) is 14.5. The molecule has 1 aromatic heterocycles. The summed E-state index contributed by atoms with van der Waals surface area (Å²) in [6.07, 6.45) is 1.33. The molecule has 0 N–H and O–H groups in total. The number of para-hydroxylation sites is 1. The highest BCUT2D eigenvalue weighted by Crippen LogP contribution is 2.17. The van der Waals surface area contributed by atoms with Crippen molar-refractivity contribution in [1.82, 2.24) is 4.90 Å². The van der Waals surface area contributed by atoms with Crippen molar-refractivity contribution in [2.75, 3.05) is 0 Å². The molecule has 150 valence electrons. The first kappa shape index (κ1) is 19.5. The average Bonchev–Trinajstić information content (AvgIpc) is 2.76. The molecule has 0 saturated carbocycles. The first-order valence-corrected chi connectivity index (χ1v) is 9.30. The smallest absolute Gasteiger partial charge is 0.254 e. The number of nitrogens with zero attached hydrogens (tertiary/aromatic N) is 1. The number of halogens is 2. The summed E-state index contributed by atoms with van der Waals surface area (Å²) in [6, 6.07) is 17.9. The largest absolute Gasteiger partial charge is 0.464 e. The molecular formula is C24H17F2NO3. The molecule has 0 aliphatic carbocycles. The summed E-state index contributed by atoms with van der Waals surface area (Å²) in [5.74, 6) is -1.38. The molecule has 4 aromatic rings. The van der Waals surface area contributed by atoms with Gasteiger partial charge in [-0.05, 0) is 48.0 Å². The van der Waals surface area contributed by atoms with Crippen LogP contribution in [-0.2, 0) is 13.1 Å². The second-order valence-corrected chi connectivity index (χ2v) is 6.88. The van der Waals surface area contributed by atoms with Gasteiger partial charge in [0.15, 0.2) is 5.43 Å². The Kier molecular flexibility index (Phi) is 5.39. The predicted molar refractivity (Wildman–Crippen MR) is 109 cm³/mol. The number of carbonyl (C=O) groups is 1. The minimum absolute atomic E-state index is 0.0418. The fraction of sp³-hybridized carbons (Fsp3) is 0.0833. The minimum atomic E-state index is -0.534. The zero-order valence-corrected chi connectivity index (χ0v) is 15.8. The summed E-state index contributed by atoms with van der Waals surface area (Å²) in [5.41, 5.74) is 1.33. The van der Waals surface area contributed by atoms with Crippen LogP contribution in [0.2, 0.25) is 0 Å². The van der Waals surface area contributed by atoms with E-state index >= 15 is 0 Å². The van der Waals surface area contributed by atoms with E-state index in [1.165, 1.54) is 41.5 Å². The summed E-state index contributed by atoms with van der Waals surface area (Å²) in [6.45, 7) is 0.0712. The number of carbonyl (C=O) groups excluding carboxylic acids is 1. The van der Waals surface area contributed by atoms with Gasteiger partial charge in [-0.1, -0.05) is 30.3 Å². The molecule has 4 nitrogen and oxygen atoms in total. The number of benzene rings is 3. The second kappa shape index (κ2) is 8.29. The van der Waals surface area contributed by atoms with Crippen molar-refractivity contribution in [1.29, 1.82) is 0 Å². The number of hydrogen-bond donors (Lipinski definition) is 0. The van der Waals surface area contributed by atoms with Gasteiger partial charge < -0.3 is 9.32 Å². The fourth-order valence-corrected chi connectivity index (χ4v) is 3.25. The lowest BCUT2D eigenvalue weighted by Crippen LogP contribution is -2.32. The van der Waals surface area contributed by atoms with Crippen LogP contribution in [-0.4, -0.2) is 10.8 Å². The molecule has 0 spiro atoms. The zero-order chi connectivity index (χ0) is 21.1. The fourth-order valence-electron chi connectivity index (χ4n) is 3.25. The second-order valence-electron chi connectivity index (χ2n) is 6.88. The van der Waals surface area contributed by atoms with E-state index in [4.69, 9.17) is 4.42 Å². The predicted octanol–water partition coefficient (Wildman–Crippen LogP) is 4.91. The van der Waals surface area contributed by atoms with Crippen molar-refractivity contribution in [2.45, 2.75) is 13.1 Å². The van der Waals surface area contributed by atoms with E-state index < -0.39 is 17.5 Å². The molecule has 0 fully saturated rings. The molecule has 0 saturated heterocycles. The molecule has 3 aromatic carbocycles. The summed E-state index contributed by atoms with van der Waals surface area (Å²) in [7, 11) is 0. The summed E-state index contributed by atoms with van der Waals surface area (Å²) >= 11 is 0. The molecule has 0 aliphatic rings. The molecule has 6 heteroatoms. The van der Waals surface area contributed by atoms with Gasteiger partial charge in [0.05, 0.1) is 23.8 Å². The van der Waals surface area contributed by atoms with Crippen LogP contribution >= 0.6 is 0 Å². The van der Waals surface area contributed by atoms with Crippen molar-refractivity contribution in [3.8, 4) is 0 Å². The Morgan fingerprint density at radius 1 is 0.867 bits per heavy atom. The lowest BCUT2D eigenvalue weighted by Gasteiger charge is -2.23. The Balaban J connectivity index is 1.71. The lowest BCUT2D eigenvalue weighted by atomic mass is 10.1. The van der Waals surface area contributed by atoms with E-state index in [0.29, 0.717) is 22.1 Å². The van der Waals surface area contributed by atoms with Gasteiger partial charge in [0.2, 0.25) is 0 Å². The van der Waals surface area contributed by atoms with Crippen molar-refractivity contribution < 1.29 is 18.0 Å². The average molecular weight is 405 g/mol. The molecule has 0 aliphatic heterocycles. The van der Waals surface area contributed by atoms with Gasteiger partial charge >= 0.3 is 0 Å². The lowest BCUT2D eigenvalue weighted by molar-refractivity contribution is 0.0728. The molecule has 1 heterocycles. The minimum Gasteiger partial charge on any atom is -0.464 e. The molecule has 30 heavy (non-hydrogen) atoms. The zero-order valence-electron chi connectivity index (χ0n) is 15.8. The molecule has 0 bridgehead atoms. The molecule has 0 radical (unpaired) electrons. The van der Waals surface area contributed by atoms with Crippen molar-refractivity contribution in [2.24, 2.45) is 0 Å². The van der Waals surface area contributed by atoms with E-state index in [0.717, 1.165) is 6.07 Å². The van der Waals surface area contributed by atoms with Crippen LogP contribution in [0.1, 0.15) is 21.5 Å². The normalized spacial score (nSPS) is 10.9. The van der Waals surface area contributed by atoms with Crippen molar-refractivity contribution in [3.63, 3.8) is 0 Å². The molecule has 4 rings (SSSR count). The van der Waals surface area contributed by atoms with E-state index in [-0.39, 0.29) is 24.1 Å². The number of rotatable bonds is 5.